The lowest BCUT2D eigenvalue weighted by Crippen LogP contribution is -2.27. The third-order valence-electron chi connectivity index (χ3n) is 3.49. The van der Waals surface area contributed by atoms with E-state index >= 15 is 0 Å². The Hall–Kier alpha value is -1.74. The van der Waals surface area contributed by atoms with E-state index < -0.39 is 4.92 Å². The van der Waals surface area contributed by atoms with Crippen LogP contribution in [0, 0.1) is 21.4 Å². The molecule has 0 unspecified atom stereocenters. The lowest BCUT2D eigenvalue weighted by molar-refractivity contribution is -0.384. The fourth-order valence-electron chi connectivity index (χ4n) is 2.26. The molecule has 1 aliphatic rings. The van der Waals surface area contributed by atoms with Crippen molar-refractivity contribution >= 4 is 23.1 Å². The summed E-state index contributed by atoms with van der Waals surface area (Å²) in [4.78, 5) is 12.5. The zero-order valence-electron chi connectivity index (χ0n) is 11.6. The quantitative estimate of drug-likeness (QED) is 0.618. The van der Waals surface area contributed by atoms with Gasteiger partial charge in [-0.25, -0.2) is 0 Å². The van der Waals surface area contributed by atoms with E-state index in [-0.39, 0.29) is 10.4 Å². The number of nitriles is 1. The number of nitro benzene ring substituents is 1. The van der Waals surface area contributed by atoms with Crippen LogP contribution in [0.15, 0.2) is 18.2 Å². The molecule has 1 aliphatic heterocycles. The maximum Gasteiger partial charge on any atom is 0.270 e. The molecule has 5 nitrogen and oxygen atoms in total. The van der Waals surface area contributed by atoms with Gasteiger partial charge in [0.25, 0.3) is 5.69 Å². The van der Waals surface area contributed by atoms with E-state index in [0.29, 0.717) is 5.56 Å². The molecule has 106 valence electrons. The summed E-state index contributed by atoms with van der Waals surface area (Å²) < 4.78 is 0.238. The van der Waals surface area contributed by atoms with Gasteiger partial charge in [-0.1, -0.05) is 13.8 Å². The normalized spacial score (nSPS) is 18.1. The molecule has 0 N–H and O–H groups in total. The second kappa shape index (κ2) is 5.71. The third-order valence-corrected chi connectivity index (χ3v) is 4.86. The largest absolute Gasteiger partial charge is 0.370 e. The highest BCUT2D eigenvalue weighted by atomic mass is 32.2. The number of hydrogen-bond donors (Lipinski definition) is 0. The lowest BCUT2D eigenvalue weighted by Gasteiger charge is -2.24. The average molecular weight is 291 g/mol. The lowest BCUT2D eigenvalue weighted by atomic mass is 10.1. The first-order chi connectivity index (χ1) is 9.43. The summed E-state index contributed by atoms with van der Waals surface area (Å²) in [5.41, 5.74) is 1.15. The minimum absolute atomic E-state index is 0.0326. The van der Waals surface area contributed by atoms with Crippen molar-refractivity contribution in [1.82, 2.24) is 0 Å². The van der Waals surface area contributed by atoms with E-state index in [1.807, 2.05) is 11.8 Å². The van der Waals surface area contributed by atoms with E-state index in [1.54, 1.807) is 6.07 Å². The smallest absolute Gasteiger partial charge is 0.270 e. The Labute approximate surface area is 122 Å². The molecule has 0 spiro atoms. The molecule has 1 aromatic rings. The van der Waals surface area contributed by atoms with Gasteiger partial charge in [0.2, 0.25) is 0 Å². The highest BCUT2D eigenvalue weighted by Gasteiger charge is 2.25. The van der Waals surface area contributed by atoms with Crippen molar-refractivity contribution < 1.29 is 4.92 Å². The Balaban J connectivity index is 2.29. The summed E-state index contributed by atoms with van der Waals surface area (Å²) in [6, 6.07) is 6.60. The molecule has 1 fully saturated rings. The van der Waals surface area contributed by atoms with Gasteiger partial charge < -0.3 is 4.90 Å². The van der Waals surface area contributed by atoms with E-state index in [2.05, 4.69) is 24.8 Å². The zero-order chi connectivity index (χ0) is 14.8. The molecular formula is C14H17N3O2S. The van der Waals surface area contributed by atoms with Crippen LogP contribution in [0.5, 0.6) is 0 Å². The molecular weight excluding hydrogens is 274 g/mol. The summed E-state index contributed by atoms with van der Waals surface area (Å²) in [6.45, 7) is 6.18. The number of non-ortho nitro benzene ring substituents is 1. The molecule has 0 amide bonds. The average Bonchev–Trinajstić information content (AvgIpc) is 2.59. The van der Waals surface area contributed by atoms with Crippen molar-refractivity contribution in [1.29, 1.82) is 5.26 Å². The minimum Gasteiger partial charge on any atom is -0.370 e. The third kappa shape index (κ3) is 3.23. The van der Waals surface area contributed by atoms with Crippen molar-refractivity contribution in [2.75, 3.05) is 23.7 Å². The Kier molecular flexibility index (Phi) is 4.19. The molecule has 1 aromatic carbocycles. The van der Waals surface area contributed by atoms with Crippen LogP contribution >= 0.6 is 11.8 Å². The number of nitro groups is 1. The van der Waals surface area contributed by atoms with Crippen LogP contribution in [-0.4, -0.2) is 28.5 Å². The predicted molar refractivity (Wildman–Crippen MR) is 81.2 cm³/mol. The van der Waals surface area contributed by atoms with Gasteiger partial charge in [0, 0.05) is 35.7 Å². The Morgan fingerprint density at radius 1 is 1.45 bits per heavy atom. The molecule has 0 aromatic heterocycles. The van der Waals surface area contributed by atoms with Crippen molar-refractivity contribution in [3.8, 4) is 6.07 Å². The first-order valence-corrected chi connectivity index (χ1v) is 7.49. The van der Waals surface area contributed by atoms with Crippen LogP contribution in [0.4, 0.5) is 11.4 Å². The van der Waals surface area contributed by atoms with Gasteiger partial charge in [-0.05, 0) is 12.5 Å². The number of anilines is 1. The molecule has 6 heteroatoms. The number of rotatable bonds is 2. The number of hydrogen-bond acceptors (Lipinski definition) is 5. The molecule has 1 heterocycles. The number of benzene rings is 1. The van der Waals surface area contributed by atoms with Crippen molar-refractivity contribution in [3.63, 3.8) is 0 Å². The van der Waals surface area contributed by atoms with Crippen LogP contribution in [0.1, 0.15) is 25.8 Å². The molecule has 2 rings (SSSR count). The van der Waals surface area contributed by atoms with E-state index in [9.17, 15) is 15.4 Å². The highest BCUT2D eigenvalue weighted by molar-refractivity contribution is 8.00. The highest BCUT2D eigenvalue weighted by Crippen LogP contribution is 2.33. The van der Waals surface area contributed by atoms with Crippen LogP contribution in [-0.2, 0) is 0 Å². The molecule has 20 heavy (non-hydrogen) atoms. The monoisotopic (exact) mass is 291 g/mol. The zero-order valence-corrected chi connectivity index (χ0v) is 12.4. The van der Waals surface area contributed by atoms with Crippen molar-refractivity contribution in [2.45, 2.75) is 25.0 Å². The molecule has 1 saturated heterocycles. The second-order valence-electron chi connectivity index (χ2n) is 5.42. The summed E-state index contributed by atoms with van der Waals surface area (Å²) in [5, 5.41) is 20.0. The van der Waals surface area contributed by atoms with Crippen LogP contribution in [0.3, 0.4) is 0 Å². The molecule has 0 aliphatic carbocycles. The summed E-state index contributed by atoms with van der Waals surface area (Å²) in [6.07, 6.45) is 1.03. The van der Waals surface area contributed by atoms with Crippen molar-refractivity contribution in [3.05, 3.63) is 33.9 Å². The fourth-order valence-corrected chi connectivity index (χ4v) is 3.36. The van der Waals surface area contributed by atoms with Gasteiger partial charge in [-0.3, -0.25) is 10.1 Å². The molecule has 0 atom stereocenters. The van der Waals surface area contributed by atoms with Gasteiger partial charge >= 0.3 is 0 Å². The number of thioether (sulfide) groups is 1. The maximum atomic E-state index is 10.8. The fraction of sp³-hybridized carbons (Fsp3) is 0.500. The first-order valence-electron chi connectivity index (χ1n) is 6.50. The maximum absolute atomic E-state index is 10.8. The van der Waals surface area contributed by atoms with Crippen LogP contribution in [0.25, 0.3) is 0 Å². The topological polar surface area (TPSA) is 70.2 Å². The second-order valence-corrected chi connectivity index (χ2v) is 7.22. The SMILES string of the molecule is CC1(C)CCN(c2ccc([N+](=O)[O-])cc2C#N)CCS1. The van der Waals surface area contributed by atoms with Crippen molar-refractivity contribution in [2.24, 2.45) is 0 Å². The van der Waals surface area contributed by atoms with E-state index in [1.165, 1.54) is 12.1 Å². The molecule has 0 bridgehead atoms. The minimum atomic E-state index is -0.466. The van der Waals surface area contributed by atoms with Crippen LogP contribution in [0.2, 0.25) is 0 Å². The van der Waals surface area contributed by atoms with Gasteiger partial charge in [0.1, 0.15) is 6.07 Å². The summed E-state index contributed by atoms with van der Waals surface area (Å²) >= 11 is 1.93. The van der Waals surface area contributed by atoms with Gasteiger partial charge in [0.15, 0.2) is 0 Å². The molecule has 0 radical (unpaired) electrons. The van der Waals surface area contributed by atoms with Crippen LogP contribution < -0.4 is 4.90 Å². The molecule has 0 saturated carbocycles. The first kappa shape index (κ1) is 14.7. The van der Waals surface area contributed by atoms with E-state index in [0.717, 1.165) is 31.0 Å². The van der Waals surface area contributed by atoms with Gasteiger partial charge in [-0.2, -0.15) is 17.0 Å². The van der Waals surface area contributed by atoms with E-state index in [4.69, 9.17) is 0 Å². The Morgan fingerprint density at radius 3 is 2.85 bits per heavy atom. The van der Waals surface area contributed by atoms with Gasteiger partial charge in [-0.15, -0.1) is 0 Å². The Morgan fingerprint density at radius 2 is 2.20 bits per heavy atom. The standard InChI is InChI=1S/C14H17N3O2S/c1-14(2)5-6-16(7-8-20-14)13-4-3-12(17(18)19)9-11(13)10-15/h3-4,9H,5-8H2,1-2H3. The summed E-state index contributed by atoms with van der Waals surface area (Å²) in [7, 11) is 0. The van der Waals surface area contributed by atoms with Gasteiger partial charge in [0.05, 0.1) is 16.2 Å². The number of nitrogens with zero attached hydrogens (tertiary/aromatic N) is 3. The Bertz CT molecular complexity index is 566. The predicted octanol–water partition coefficient (Wildman–Crippen LogP) is 3.19. The summed E-state index contributed by atoms with van der Waals surface area (Å²) in [5.74, 6) is 0.995.